The molecule has 2 saturated heterocycles. The molecule has 1 aromatic carbocycles. The van der Waals surface area contributed by atoms with Crippen LogP contribution in [-0.2, 0) is 26.0 Å². The van der Waals surface area contributed by atoms with Crippen molar-refractivity contribution in [1.82, 2.24) is 14.5 Å². The maximum absolute atomic E-state index is 12.8. The van der Waals surface area contributed by atoms with Crippen LogP contribution in [0.2, 0.25) is 0 Å². The van der Waals surface area contributed by atoms with Gasteiger partial charge in [-0.05, 0) is 30.9 Å². The van der Waals surface area contributed by atoms with Crippen molar-refractivity contribution in [3.8, 4) is 5.75 Å². The first-order valence-electron chi connectivity index (χ1n) is 10.0. The summed E-state index contributed by atoms with van der Waals surface area (Å²) < 4.78 is 31.1. The van der Waals surface area contributed by atoms with Crippen molar-refractivity contribution in [2.75, 3.05) is 32.5 Å². The van der Waals surface area contributed by atoms with Gasteiger partial charge in [-0.15, -0.1) is 0 Å². The van der Waals surface area contributed by atoms with Crippen LogP contribution in [0, 0.1) is 0 Å². The molecule has 1 aromatic rings. The number of amides is 2. The fourth-order valence-corrected chi connectivity index (χ4v) is 5.61. The molecule has 0 radical (unpaired) electrons. The number of methoxy groups -OCH3 is 1. The normalized spacial score (nSPS) is 24.1. The number of aryl methyl sites for hydroxylation is 1. The zero-order chi connectivity index (χ0) is 21.0. The van der Waals surface area contributed by atoms with Gasteiger partial charge in [0.15, 0.2) is 0 Å². The first-order valence-corrected chi connectivity index (χ1v) is 11.7. The number of ether oxygens (including phenoxy) is 1. The zero-order valence-electron chi connectivity index (χ0n) is 17.0. The highest BCUT2D eigenvalue weighted by molar-refractivity contribution is 7.89. The molecule has 29 heavy (non-hydrogen) atoms. The quantitative estimate of drug-likeness (QED) is 0.696. The fraction of sp³-hybridized carbons (Fsp3) is 0.600. The first kappa shape index (κ1) is 21.6. The molecule has 0 aliphatic carbocycles. The Morgan fingerprint density at radius 3 is 2.79 bits per heavy atom. The SMILES string of the molecule is CCCN1C(=O)[C@@H]2C[C@H](NC(=O)CCc3ccccc3OC)CN2CCS1(=O)=O. The molecule has 2 heterocycles. The third kappa shape index (κ3) is 4.90. The van der Waals surface area contributed by atoms with Crippen molar-refractivity contribution in [2.45, 2.75) is 44.7 Å². The lowest BCUT2D eigenvalue weighted by molar-refractivity contribution is -0.130. The third-order valence-electron chi connectivity index (χ3n) is 5.51. The average molecular weight is 424 g/mol. The van der Waals surface area contributed by atoms with E-state index in [9.17, 15) is 18.0 Å². The second kappa shape index (κ2) is 9.13. The molecule has 2 aliphatic heterocycles. The highest BCUT2D eigenvalue weighted by Gasteiger charge is 2.44. The van der Waals surface area contributed by atoms with Crippen molar-refractivity contribution < 1.29 is 22.7 Å². The number of hydrogen-bond acceptors (Lipinski definition) is 6. The van der Waals surface area contributed by atoms with Gasteiger partial charge in [0.2, 0.25) is 15.9 Å². The van der Waals surface area contributed by atoms with E-state index in [1.165, 1.54) is 0 Å². The Morgan fingerprint density at radius 1 is 1.31 bits per heavy atom. The maximum atomic E-state index is 12.8. The molecule has 1 N–H and O–H groups in total. The van der Waals surface area contributed by atoms with Crippen molar-refractivity contribution in [2.24, 2.45) is 0 Å². The minimum Gasteiger partial charge on any atom is -0.496 e. The molecule has 0 bridgehead atoms. The molecule has 2 aliphatic rings. The number of carbonyl (C=O) groups excluding carboxylic acids is 2. The molecule has 9 heteroatoms. The van der Waals surface area contributed by atoms with Gasteiger partial charge < -0.3 is 10.1 Å². The van der Waals surface area contributed by atoms with E-state index in [1.807, 2.05) is 36.1 Å². The predicted octanol–water partition coefficient (Wildman–Crippen LogP) is 0.769. The highest BCUT2D eigenvalue weighted by atomic mass is 32.2. The number of rotatable bonds is 7. The van der Waals surface area contributed by atoms with Gasteiger partial charge in [0.25, 0.3) is 5.91 Å². The number of hydrogen-bond donors (Lipinski definition) is 1. The molecule has 2 amide bonds. The Hall–Kier alpha value is -2.13. The zero-order valence-corrected chi connectivity index (χ0v) is 17.8. The number of benzene rings is 1. The van der Waals surface area contributed by atoms with Crippen molar-refractivity contribution in [3.63, 3.8) is 0 Å². The standard InChI is InChI=1S/C20H29N3O5S/c1-3-10-23-20(25)17-13-16(14-22(17)11-12-29(23,26)27)21-19(24)9-8-15-6-4-5-7-18(15)28-2/h4-7,16-17H,3,8-14H2,1-2H3,(H,21,24)/t16-,17-/m0/s1. The minimum atomic E-state index is -3.56. The van der Waals surface area contributed by atoms with Gasteiger partial charge in [-0.3, -0.25) is 14.5 Å². The monoisotopic (exact) mass is 423 g/mol. The molecule has 2 fully saturated rings. The van der Waals surface area contributed by atoms with Crippen LogP contribution in [0.3, 0.4) is 0 Å². The molecular formula is C20H29N3O5S. The molecule has 0 unspecified atom stereocenters. The van der Waals surface area contributed by atoms with Gasteiger partial charge in [0.05, 0.1) is 18.9 Å². The summed E-state index contributed by atoms with van der Waals surface area (Å²) in [6.45, 7) is 2.87. The summed E-state index contributed by atoms with van der Waals surface area (Å²) in [5.41, 5.74) is 0.973. The van der Waals surface area contributed by atoms with Crippen LogP contribution < -0.4 is 10.1 Å². The summed E-state index contributed by atoms with van der Waals surface area (Å²) >= 11 is 0. The van der Waals surface area contributed by atoms with Crippen molar-refractivity contribution in [3.05, 3.63) is 29.8 Å². The van der Waals surface area contributed by atoms with Gasteiger partial charge >= 0.3 is 0 Å². The van der Waals surface area contributed by atoms with Crippen LogP contribution in [0.15, 0.2) is 24.3 Å². The van der Waals surface area contributed by atoms with Gasteiger partial charge in [-0.2, -0.15) is 0 Å². The topological polar surface area (TPSA) is 96.0 Å². The van der Waals surface area contributed by atoms with E-state index in [2.05, 4.69) is 5.32 Å². The highest BCUT2D eigenvalue weighted by Crippen LogP contribution is 2.25. The van der Waals surface area contributed by atoms with Crippen molar-refractivity contribution in [1.29, 1.82) is 0 Å². The molecule has 0 spiro atoms. The molecule has 0 saturated carbocycles. The minimum absolute atomic E-state index is 0.0658. The number of fused-ring (bicyclic) bond motifs is 1. The molecule has 2 atom stereocenters. The molecule has 160 valence electrons. The number of nitrogens with one attached hydrogen (secondary N) is 1. The number of carbonyl (C=O) groups is 2. The van der Waals surface area contributed by atoms with Gasteiger partial charge in [-0.25, -0.2) is 12.7 Å². The van der Waals surface area contributed by atoms with E-state index < -0.39 is 16.1 Å². The lowest BCUT2D eigenvalue weighted by Crippen LogP contribution is -2.44. The first-order chi connectivity index (χ1) is 13.9. The third-order valence-corrected chi connectivity index (χ3v) is 7.24. The van der Waals surface area contributed by atoms with E-state index in [4.69, 9.17) is 4.74 Å². The molecule has 0 aromatic heterocycles. The Balaban J connectivity index is 1.58. The Kier molecular flexibility index (Phi) is 6.79. The van der Waals surface area contributed by atoms with E-state index in [1.54, 1.807) is 7.11 Å². The Bertz CT molecular complexity index is 857. The van der Waals surface area contributed by atoms with E-state index in [0.717, 1.165) is 15.6 Å². The second-order valence-electron chi connectivity index (χ2n) is 7.55. The smallest absolute Gasteiger partial charge is 0.253 e. The van der Waals surface area contributed by atoms with Gasteiger partial charge in [-0.1, -0.05) is 25.1 Å². The fourth-order valence-electron chi connectivity index (χ4n) is 4.07. The van der Waals surface area contributed by atoms with Crippen LogP contribution in [0.5, 0.6) is 5.75 Å². The molecule has 3 rings (SSSR count). The summed E-state index contributed by atoms with van der Waals surface area (Å²) in [7, 11) is -1.95. The second-order valence-corrected chi connectivity index (χ2v) is 9.56. The number of para-hydroxylation sites is 1. The van der Waals surface area contributed by atoms with E-state index >= 15 is 0 Å². The summed E-state index contributed by atoms with van der Waals surface area (Å²) in [6, 6.07) is 6.96. The predicted molar refractivity (Wildman–Crippen MR) is 109 cm³/mol. The Morgan fingerprint density at radius 2 is 2.07 bits per heavy atom. The van der Waals surface area contributed by atoms with Crippen molar-refractivity contribution >= 4 is 21.8 Å². The van der Waals surface area contributed by atoms with E-state index in [0.29, 0.717) is 38.8 Å². The van der Waals surface area contributed by atoms with Crippen LogP contribution in [-0.4, -0.2) is 74.0 Å². The number of nitrogens with zero attached hydrogens (tertiary/aromatic N) is 2. The number of sulfonamides is 1. The van der Waals surface area contributed by atoms with Crippen LogP contribution >= 0.6 is 0 Å². The summed E-state index contributed by atoms with van der Waals surface area (Å²) in [4.78, 5) is 27.1. The molecular weight excluding hydrogens is 394 g/mol. The molecule has 8 nitrogen and oxygen atoms in total. The van der Waals surface area contributed by atoms with Crippen LogP contribution in [0.4, 0.5) is 0 Å². The lowest BCUT2D eigenvalue weighted by Gasteiger charge is -2.23. The largest absolute Gasteiger partial charge is 0.496 e. The van der Waals surface area contributed by atoms with Crippen LogP contribution in [0.1, 0.15) is 31.7 Å². The van der Waals surface area contributed by atoms with Crippen LogP contribution in [0.25, 0.3) is 0 Å². The Labute approximate surface area is 172 Å². The lowest BCUT2D eigenvalue weighted by atomic mass is 10.1. The summed E-state index contributed by atoms with van der Waals surface area (Å²) in [5, 5.41) is 3.01. The van der Waals surface area contributed by atoms with E-state index in [-0.39, 0.29) is 30.2 Å². The maximum Gasteiger partial charge on any atom is 0.253 e. The van der Waals surface area contributed by atoms with Gasteiger partial charge in [0.1, 0.15) is 5.75 Å². The summed E-state index contributed by atoms with van der Waals surface area (Å²) in [5.74, 6) is 0.250. The summed E-state index contributed by atoms with van der Waals surface area (Å²) in [6.07, 6.45) is 1.92. The van der Waals surface area contributed by atoms with Gasteiger partial charge in [0, 0.05) is 32.1 Å². The average Bonchev–Trinajstić information content (AvgIpc) is 3.08.